The highest BCUT2D eigenvalue weighted by molar-refractivity contribution is 5.91. The molecule has 3 aromatic rings. The minimum atomic E-state index is 0.959. The summed E-state index contributed by atoms with van der Waals surface area (Å²) in [6, 6.07) is 11.9. The minimum absolute atomic E-state index is 0.959. The highest BCUT2D eigenvalue weighted by Crippen LogP contribution is 2.24. The van der Waals surface area contributed by atoms with Crippen LogP contribution < -0.4 is 5.32 Å². The van der Waals surface area contributed by atoms with Crippen LogP contribution in [-0.4, -0.2) is 14.8 Å². The minimum Gasteiger partial charge on any atom is -0.339 e. The number of benzene rings is 1. The van der Waals surface area contributed by atoms with Crippen LogP contribution in [0.15, 0.2) is 48.8 Å². The second-order valence-corrected chi connectivity index (χ2v) is 3.86. The quantitative estimate of drug-likeness (QED) is 0.727. The van der Waals surface area contributed by atoms with Crippen molar-refractivity contribution in [3.8, 4) is 0 Å². The number of pyridine rings is 1. The third-order valence-corrected chi connectivity index (χ3v) is 2.66. The summed E-state index contributed by atoms with van der Waals surface area (Å²) in [5, 5.41) is 8.89. The standard InChI is InChI=1S/C13H12N4/c1-17-13(15-10-5-4-8-14-9-10)11-6-2-3-7-12(11)16-17/h2-9,15H,1H3. The molecule has 4 heteroatoms. The molecule has 0 radical (unpaired) electrons. The largest absolute Gasteiger partial charge is 0.339 e. The second kappa shape index (κ2) is 3.90. The number of anilines is 2. The lowest BCUT2D eigenvalue weighted by Gasteiger charge is -2.06. The first-order chi connectivity index (χ1) is 8.34. The first kappa shape index (κ1) is 9.84. The Morgan fingerprint density at radius 2 is 2.00 bits per heavy atom. The maximum Gasteiger partial charge on any atom is 0.136 e. The molecule has 0 spiro atoms. The number of aryl methyl sites for hydroxylation is 1. The van der Waals surface area contributed by atoms with Crippen LogP contribution in [0, 0.1) is 0 Å². The highest BCUT2D eigenvalue weighted by atomic mass is 15.3. The molecule has 1 aromatic carbocycles. The fourth-order valence-corrected chi connectivity index (χ4v) is 1.87. The molecule has 0 amide bonds. The van der Waals surface area contributed by atoms with Gasteiger partial charge in [0.15, 0.2) is 0 Å². The Hall–Kier alpha value is -2.36. The van der Waals surface area contributed by atoms with Crippen LogP contribution in [-0.2, 0) is 7.05 Å². The fraction of sp³-hybridized carbons (Fsp3) is 0.0769. The van der Waals surface area contributed by atoms with Gasteiger partial charge >= 0.3 is 0 Å². The molecule has 0 aliphatic rings. The molecule has 84 valence electrons. The number of hydrogen-bond acceptors (Lipinski definition) is 3. The SMILES string of the molecule is Cn1nc2ccccc2c1Nc1cccnc1. The van der Waals surface area contributed by atoms with Crippen LogP contribution in [0.25, 0.3) is 10.9 Å². The van der Waals surface area contributed by atoms with Crippen molar-refractivity contribution in [2.45, 2.75) is 0 Å². The van der Waals surface area contributed by atoms with Gasteiger partial charge in [-0.2, -0.15) is 5.10 Å². The number of fused-ring (bicyclic) bond motifs is 1. The lowest BCUT2D eigenvalue weighted by Crippen LogP contribution is -1.99. The zero-order valence-electron chi connectivity index (χ0n) is 9.46. The molecule has 3 rings (SSSR count). The number of nitrogens with zero attached hydrogens (tertiary/aromatic N) is 3. The van der Waals surface area contributed by atoms with Gasteiger partial charge in [-0.15, -0.1) is 0 Å². The lowest BCUT2D eigenvalue weighted by atomic mass is 10.2. The Kier molecular flexibility index (Phi) is 2.26. The van der Waals surface area contributed by atoms with E-state index >= 15 is 0 Å². The molecule has 2 heterocycles. The highest BCUT2D eigenvalue weighted by Gasteiger charge is 2.07. The second-order valence-electron chi connectivity index (χ2n) is 3.86. The van der Waals surface area contributed by atoms with E-state index in [4.69, 9.17) is 0 Å². The van der Waals surface area contributed by atoms with Gasteiger partial charge in [0.1, 0.15) is 5.82 Å². The Morgan fingerprint density at radius 3 is 2.82 bits per heavy atom. The molecule has 0 fully saturated rings. The van der Waals surface area contributed by atoms with E-state index in [-0.39, 0.29) is 0 Å². The first-order valence-electron chi connectivity index (χ1n) is 5.43. The van der Waals surface area contributed by atoms with E-state index in [2.05, 4.69) is 21.5 Å². The molecule has 2 aromatic heterocycles. The normalized spacial score (nSPS) is 10.6. The summed E-state index contributed by atoms with van der Waals surface area (Å²) in [5.41, 5.74) is 1.95. The van der Waals surface area contributed by atoms with Gasteiger partial charge in [0.05, 0.1) is 17.4 Å². The smallest absolute Gasteiger partial charge is 0.136 e. The van der Waals surface area contributed by atoms with Gasteiger partial charge in [0.25, 0.3) is 0 Å². The van der Waals surface area contributed by atoms with Crippen molar-refractivity contribution in [3.05, 3.63) is 48.8 Å². The van der Waals surface area contributed by atoms with Crippen LogP contribution in [0.5, 0.6) is 0 Å². The third kappa shape index (κ3) is 1.73. The first-order valence-corrected chi connectivity index (χ1v) is 5.43. The summed E-state index contributed by atoms with van der Waals surface area (Å²) in [6.45, 7) is 0. The van der Waals surface area contributed by atoms with Gasteiger partial charge in [-0.1, -0.05) is 12.1 Å². The Labute approximate surface area is 98.9 Å². The van der Waals surface area contributed by atoms with Crippen LogP contribution >= 0.6 is 0 Å². The molecule has 0 saturated carbocycles. The van der Waals surface area contributed by atoms with E-state index < -0.39 is 0 Å². The molecule has 0 aliphatic heterocycles. The van der Waals surface area contributed by atoms with Gasteiger partial charge in [-0.25, -0.2) is 0 Å². The predicted octanol–water partition coefficient (Wildman–Crippen LogP) is 2.71. The lowest BCUT2D eigenvalue weighted by molar-refractivity contribution is 0.789. The van der Waals surface area contributed by atoms with E-state index in [1.54, 1.807) is 12.4 Å². The summed E-state index contributed by atoms with van der Waals surface area (Å²) in [4.78, 5) is 4.08. The van der Waals surface area contributed by atoms with Crippen molar-refractivity contribution in [1.82, 2.24) is 14.8 Å². The zero-order valence-corrected chi connectivity index (χ0v) is 9.46. The third-order valence-electron chi connectivity index (χ3n) is 2.66. The maximum atomic E-state index is 4.44. The van der Waals surface area contributed by atoms with Crippen molar-refractivity contribution < 1.29 is 0 Å². The van der Waals surface area contributed by atoms with Gasteiger partial charge < -0.3 is 5.32 Å². The predicted molar refractivity (Wildman–Crippen MR) is 68.2 cm³/mol. The molecule has 0 saturated heterocycles. The summed E-state index contributed by atoms with van der Waals surface area (Å²) >= 11 is 0. The molecule has 1 N–H and O–H groups in total. The van der Waals surface area contributed by atoms with E-state index in [1.807, 2.05) is 42.1 Å². The van der Waals surface area contributed by atoms with Crippen molar-refractivity contribution in [1.29, 1.82) is 0 Å². The van der Waals surface area contributed by atoms with Crippen LogP contribution in [0.3, 0.4) is 0 Å². The van der Waals surface area contributed by atoms with E-state index in [0.29, 0.717) is 0 Å². The van der Waals surface area contributed by atoms with Gasteiger partial charge in [-0.3, -0.25) is 9.67 Å². The summed E-state index contributed by atoms with van der Waals surface area (Å²) in [6.07, 6.45) is 3.55. The Balaban J connectivity index is 2.08. The topological polar surface area (TPSA) is 42.7 Å². The van der Waals surface area contributed by atoms with Gasteiger partial charge in [0.2, 0.25) is 0 Å². The number of aromatic nitrogens is 3. The zero-order chi connectivity index (χ0) is 11.7. The molecule has 0 atom stereocenters. The molecule has 17 heavy (non-hydrogen) atoms. The summed E-state index contributed by atoms with van der Waals surface area (Å²) in [5.74, 6) is 0.980. The summed E-state index contributed by atoms with van der Waals surface area (Å²) in [7, 11) is 1.93. The fourth-order valence-electron chi connectivity index (χ4n) is 1.87. The van der Waals surface area contributed by atoms with Crippen LogP contribution in [0.1, 0.15) is 0 Å². The van der Waals surface area contributed by atoms with Crippen LogP contribution in [0.4, 0.5) is 11.5 Å². The van der Waals surface area contributed by atoms with Crippen molar-refractivity contribution in [2.24, 2.45) is 7.05 Å². The van der Waals surface area contributed by atoms with E-state index in [0.717, 1.165) is 22.4 Å². The van der Waals surface area contributed by atoms with Crippen LogP contribution in [0.2, 0.25) is 0 Å². The Morgan fingerprint density at radius 1 is 1.12 bits per heavy atom. The van der Waals surface area contributed by atoms with E-state index in [1.165, 1.54) is 0 Å². The van der Waals surface area contributed by atoms with Crippen molar-refractivity contribution >= 4 is 22.4 Å². The van der Waals surface area contributed by atoms with Gasteiger partial charge in [0, 0.05) is 18.6 Å². The number of rotatable bonds is 2. The van der Waals surface area contributed by atoms with Gasteiger partial charge in [-0.05, 0) is 24.3 Å². The van der Waals surface area contributed by atoms with Crippen molar-refractivity contribution in [3.63, 3.8) is 0 Å². The molecule has 4 nitrogen and oxygen atoms in total. The molecule has 0 bridgehead atoms. The average Bonchev–Trinajstić information content (AvgIpc) is 2.68. The molecular weight excluding hydrogens is 212 g/mol. The van der Waals surface area contributed by atoms with E-state index in [9.17, 15) is 0 Å². The number of hydrogen-bond donors (Lipinski definition) is 1. The molecule has 0 aliphatic carbocycles. The van der Waals surface area contributed by atoms with Crippen molar-refractivity contribution in [2.75, 3.05) is 5.32 Å². The Bertz CT molecular complexity index is 643. The monoisotopic (exact) mass is 224 g/mol. The molecular formula is C13H12N4. The number of nitrogens with one attached hydrogen (secondary N) is 1. The molecule has 0 unspecified atom stereocenters. The maximum absolute atomic E-state index is 4.44. The average molecular weight is 224 g/mol. The summed E-state index contributed by atoms with van der Waals surface area (Å²) < 4.78 is 1.84.